The summed E-state index contributed by atoms with van der Waals surface area (Å²) in [5, 5.41) is 0. The molecule has 2 amide bonds. The zero-order valence-electron chi connectivity index (χ0n) is 12.1. The zero-order chi connectivity index (χ0) is 15.0. The molecule has 0 aliphatic heterocycles. The maximum Gasteiger partial charge on any atom is 0.245 e. The molecule has 2 aromatic rings. The number of carbonyl (C=O) groups excluding carboxylic acids is 2. The Labute approximate surface area is 122 Å². The summed E-state index contributed by atoms with van der Waals surface area (Å²) < 4.78 is 1.89. The van der Waals surface area contributed by atoms with Crippen molar-refractivity contribution >= 4 is 22.8 Å². The van der Waals surface area contributed by atoms with Gasteiger partial charge in [0.25, 0.3) is 0 Å². The van der Waals surface area contributed by atoms with Crippen LogP contribution in [0.5, 0.6) is 0 Å². The molecule has 2 atom stereocenters. The fourth-order valence-electron chi connectivity index (χ4n) is 2.45. The lowest BCUT2D eigenvalue weighted by Gasteiger charge is -2.07. The maximum atomic E-state index is 11.9. The summed E-state index contributed by atoms with van der Waals surface area (Å²) in [6.07, 6.45) is 1.03. The molecule has 0 unspecified atom stereocenters. The predicted octanol–water partition coefficient (Wildman–Crippen LogP) is 0.919. The van der Waals surface area contributed by atoms with Crippen molar-refractivity contribution in [3.8, 4) is 0 Å². The quantitative estimate of drug-likeness (QED) is 0.824. The van der Waals surface area contributed by atoms with E-state index in [2.05, 4.69) is 15.8 Å². The van der Waals surface area contributed by atoms with Crippen LogP contribution in [0.15, 0.2) is 24.3 Å². The number of rotatable bonds is 3. The minimum Gasteiger partial charge on any atom is -0.331 e. The Balaban J connectivity index is 1.61. The number of para-hydroxylation sites is 2. The topological polar surface area (TPSA) is 76.0 Å². The van der Waals surface area contributed by atoms with E-state index in [-0.39, 0.29) is 24.2 Å². The number of hydrogen-bond acceptors (Lipinski definition) is 3. The zero-order valence-corrected chi connectivity index (χ0v) is 12.1. The first kappa shape index (κ1) is 13.6. The molecule has 1 fully saturated rings. The van der Waals surface area contributed by atoms with Gasteiger partial charge in [0.2, 0.25) is 11.8 Å². The molecule has 110 valence electrons. The molecule has 0 saturated heterocycles. The van der Waals surface area contributed by atoms with Crippen molar-refractivity contribution in [3.63, 3.8) is 0 Å². The maximum absolute atomic E-state index is 11.9. The number of aryl methyl sites for hydroxylation is 1. The molecular formula is C15H18N4O2. The summed E-state index contributed by atoms with van der Waals surface area (Å²) in [7, 11) is 1.88. The summed E-state index contributed by atoms with van der Waals surface area (Å²) in [6.45, 7) is 2.02. The number of nitrogens with one attached hydrogen (secondary N) is 2. The Morgan fingerprint density at radius 1 is 1.33 bits per heavy atom. The van der Waals surface area contributed by atoms with Gasteiger partial charge in [0.1, 0.15) is 5.82 Å². The first-order valence-corrected chi connectivity index (χ1v) is 7.05. The van der Waals surface area contributed by atoms with Gasteiger partial charge in [-0.1, -0.05) is 19.1 Å². The van der Waals surface area contributed by atoms with Crippen LogP contribution in [0.2, 0.25) is 0 Å². The van der Waals surface area contributed by atoms with Crippen LogP contribution in [-0.2, 0) is 23.1 Å². The summed E-state index contributed by atoms with van der Waals surface area (Å²) in [5.74, 6) is 0.751. The van der Waals surface area contributed by atoms with Gasteiger partial charge >= 0.3 is 0 Å². The lowest BCUT2D eigenvalue weighted by Crippen LogP contribution is -2.43. The summed E-state index contributed by atoms with van der Waals surface area (Å²) in [6, 6.07) is 7.72. The van der Waals surface area contributed by atoms with Crippen LogP contribution in [0.4, 0.5) is 0 Å². The number of hydrazine groups is 1. The summed E-state index contributed by atoms with van der Waals surface area (Å²) in [4.78, 5) is 28.0. The molecule has 6 heteroatoms. The normalized spacial score (nSPS) is 20.3. The van der Waals surface area contributed by atoms with Crippen LogP contribution in [-0.4, -0.2) is 21.4 Å². The van der Waals surface area contributed by atoms with Gasteiger partial charge in [-0.2, -0.15) is 0 Å². The summed E-state index contributed by atoms with van der Waals surface area (Å²) in [5.41, 5.74) is 6.77. The molecule has 1 aliphatic rings. The third-order valence-corrected chi connectivity index (χ3v) is 3.97. The Kier molecular flexibility index (Phi) is 3.37. The van der Waals surface area contributed by atoms with E-state index >= 15 is 0 Å². The highest BCUT2D eigenvalue weighted by atomic mass is 16.2. The second-order valence-corrected chi connectivity index (χ2v) is 5.61. The molecular weight excluding hydrogens is 268 g/mol. The van der Waals surface area contributed by atoms with Crippen molar-refractivity contribution in [1.29, 1.82) is 0 Å². The fraction of sp³-hybridized carbons (Fsp3) is 0.400. The number of nitrogens with zero attached hydrogens (tertiary/aromatic N) is 2. The highest BCUT2D eigenvalue weighted by Crippen LogP contribution is 2.37. The SMILES string of the molecule is C[C@H]1C[C@@H]1C(=O)NNC(=O)Cc1nc2ccccc2n1C. The molecule has 0 bridgehead atoms. The molecule has 3 rings (SSSR count). The van der Waals surface area contributed by atoms with E-state index in [1.54, 1.807) is 0 Å². The average molecular weight is 286 g/mol. The van der Waals surface area contributed by atoms with E-state index in [1.165, 1.54) is 0 Å². The first-order chi connectivity index (χ1) is 10.1. The van der Waals surface area contributed by atoms with Crippen LogP contribution >= 0.6 is 0 Å². The van der Waals surface area contributed by atoms with Crippen LogP contribution in [0.25, 0.3) is 11.0 Å². The molecule has 21 heavy (non-hydrogen) atoms. The molecule has 1 aromatic carbocycles. The third-order valence-electron chi connectivity index (χ3n) is 3.97. The van der Waals surface area contributed by atoms with Gasteiger partial charge in [0, 0.05) is 13.0 Å². The second-order valence-electron chi connectivity index (χ2n) is 5.61. The molecule has 2 N–H and O–H groups in total. The predicted molar refractivity (Wildman–Crippen MR) is 78.0 cm³/mol. The smallest absolute Gasteiger partial charge is 0.245 e. The lowest BCUT2D eigenvalue weighted by molar-refractivity contribution is -0.129. The highest BCUT2D eigenvalue weighted by molar-refractivity contribution is 5.86. The number of benzene rings is 1. The average Bonchev–Trinajstić information content (AvgIpc) is 3.13. The van der Waals surface area contributed by atoms with E-state index in [9.17, 15) is 9.59 Å². The Morgan fingerprint density at radius 3 is 2.71 bits per heavy atom. The van der Waals surface area contributed by atoms with Gasteiger partial charge in [-0.25, -0.2) is 4.98 Å². The number of amides is 2. The number of carbonyl (C=O) groups is 2. The van der Waals surface area contributed by atoms with Crippen LogP contribution in [0.3, 0.4) is 0 Å². The van der Waals surface area contributed by atoms with Crippen molar-refractivity contribution in [2.45, 2.75) is 19.8 Å². The van der Waals surface area contributed by atoms with E-state index in [4.69, 9.17) is 0 Å². The number of aromatic nitrogens is 2. The van der Waals surface area contributed by atoms with E-state index in [0.29, 0.717) is 11.7 Å². The highest BCUT2D eigenvalue weighted by Gasteiger charge is 2.39. The van der Waals surface area contributed by atoms with Gasteiger partial charge < -0.3 is 4.57 Å². The van der Waals surface area contributed by atoms with E-state index in [1.807, 2.05) is 42.8 Å². The number of fused-ring (bicyclic) bond motifs is 1. The minimum atomic E-state index is -0.268. The largest absolute Gasteiger partial charge is 0.331 e. The van der Waals surface area contributed by atoms with Crippen molar-refractivity contribution in [2.24, 2.45) is 18.9 Å². The van der Waals surface area contributed by atoms with E-state index < -0.39 is 0 Å². The minimum absolute atomic E-state index is 0.0426. The van der Waals surface area contributed by atoms with Crippen LogP contribution < -0.4 is 10.9 Å². The van der Waals surface area contributed by atoms with Gasteiger partial charge in [0.05, 0.1) is 17.5 Å². The first-order valence-electron chi connectivity index (χ1n) is 7.05. The Hall–Kier alpha value is -2.37. The van der Waals surface area contributed by atoms with Crippen LogP contribution in [0, 0.1) is 11.8 Å². The van der Waals surface area contributed by atoms with Crippen LogP contribution in [0.1, 0.15) is 19.2 Å². The van der Waals surface area contributed by atoms with Gasteiger partial charge in [-0.05, 0) is 24.5 Å². The molecule has 6 nitrogen and oxygen atoms in total. The molecule has 0 radical (unpaired) electrons. The second kappa shape index (κ2) is 5.20. The van der Waals surface area contributed by atoms with Crippen molar-refractivity contribution < 1.29 is 9.59 Å². The van der Waals surface area contributed by atoms with Gasteiger partial charge in [-0.15, -0.1) is 0 Å². The molecule has 1 saturated carbocycles. The van der Waals surface area contributed by atoms with Gasteiger partial charge in [-0.3, -0.25) is 20.4 Å². The number of hydrogen-bond donors (Lipinski definition) is 2. The van der Waals surface area contributed by atoms with Crippen molar-refractivity contribution in [2.75, 3.05) is 0 Å². The van der Waals surface area contributed by atoms with E-state index in [0.717, 1.165) is 17.5 Å². The Morgan fingerprint density at radius 2 is 2.05 bits per heavy atom. The molecule has 0 spiro atoms. The molecule has 1 aromatic heterocycles. The van der Waals surface area contributed by atoms with Crippen molar-refractivity contribution in [3.05, 3.63) is 30.1 Å². The fourth-order valence-corrected chi connectivity index (χ4v) is 2.45. The Bertz CT molecular complexity index is 707. The summed E-state index contributed by atoms with van der Waals surface area (Å²) >= 11 is 0. The lowest BCUT2D eigenvalue weighted by atomic mass is 10.3. The van der Waals surface area contributed by atoms with Gasteiger partial charge in [0.15, 0.2) is 0 Å². The standard InChI is InChI=1S/C15H18N4O2/c1-9-7-10(9)15(21)18-17-14(20)8-13-16-11-5-3-4-6-12(11)19(13)2/h3-6,9-10H,7-8H2,1-2H3,(H,17,20)(H,18,21)/t9-,10-/m0/s1. The van der Waals surface area contributed by atoms with Crippen molar-refractivity contribution in [1.82, 2.24) is 20.4 Å². The number of imidazole rings is 1. The molecule has 1 heterocycles. The molecule has 1 aliphatic carbocycles. The third kappa shape index (κ3) is 2.74. The monoisotopic (exact) mass is 286 g/mol.